The van der Waals surface area contributed by atoms with Crippen LogP contribution in [0.5, 0.6) is 0 Å². The number of nitrogens with one attached hydrogen (secondary N) is 1. The van der Waals surface area contributed by atoms with Crippen LogP contribution in [0.1, 0.15) is 35.7 Å². The highest BCUT2D eigenvalue weighted by molar-refractivity contribution is 5.54. The van der Waals surface area contributed by atoms with E-state index in [2.05, 4.69) is 27.5 Å². The number of aromatic nitrogens is 4. The minimum atomic E-state index is -0.453. The fraction of sp³-hybridized carbons (Fsp3) is 0.333. The maximum Gasteiger partial charge on any atom is 0.406 e. The number of imidazole rings is 1. The zero-order chi connectivity index (χ0) is 18.1. The van der Waals surface area contributed by atoms with Gasteiger partial charge in [-0.25, -0.2) is 0 Å². The molecule has 134 valence electrons. The average Bonchev–Trinajstić information content (AvgIpc) is 3.21. The van der Waals surface area contributed by atoms with Crippen molar-refractivity contribution >= 4 is 11.6 Å². The maximum absolute atomic E-state index is 11.2. The molecule has 1 unspecified atom stereocenters. The smallest absolute Gasteiger partial charge is 0.358 e. The average molecular weight is 352 g/mol. The number of nitro groups is 1. The lowest BCUT2D eigenvalue weighted by Gasteiger charge is -2.24. The topological polar surface area (TPSA) is 90.8 Å². The van der Waals surface area contributed by atoms with Crippen LogP contribution >= 0.6 is 0 Å². The lowest BCUT2D eigenvalue weighted by Crippen LogP contribution is -2.20. The molecule has 1 aromatic carbocycles. The second-order valence-corrected chi connectivity index (χ2v) is 6.56. The summed E-state index contributed by atoms with van der Waals surface area (Å²) in [7, 11) is 1.75. The third-order valence-corrected chi connectivity index (χ3v) is 4.84. The summed E-state index contributed by atoms with van der Waals surface area (Å²) in [6.45, 7) is 0.731. The van der Waals surface area contributed by atoms with Gasteiger partial charge in [0.1, 0.15) is 0 Å². The van der Waals surface area contributed by atoms with Crippen LogP contribution in [-0.4, -0.2) is 24.3 Å². The summed E-state index contributed by atoms with van der Waals surface area (Å²) in [6.07, 6.45) is 6.23. The van der Waals surface area contributed by atoms with E-state index in [-0.39, 0.29) is 11.9 Å². The van der Waals surface area contributed by atoms with Crippen LogP contribution in [-0.2, 0) is 20.0 Å². The van der Waals surface area contributed by atoms with Gasteiger partial charge in [0.15, 0.2) is 0 Å². The first-order valence-electron chi connectivity index (χ1n) is 8.64. The van der Waals surface area contributed by atoms with E-state index in [9.17, 15) is 10.1 Å². The molecular weight excluding hydrogens is 332 g/mol. The minimum absolute atomic E-state index is 0.00243. The molecule has 2 aromatic heterocycles. The number of benzene rings is 1. The molecular formula is C18H20N6O2. The summed E-state index contributed by atoms with van der Waals surface area (Å²) in [6, 6.07) is 10.2. The Balaban J connectivity index is 1.61. The van der Waals surface area contributed by atoms with E-state index in [1.54, 1.807) is 11.6 Å². The van der Waals surface area contributed by atoms with E-state index in [4.69, 9.17) is 0 Å². The van der Waals surface area contributed by atoms with Gasteiger partial charge >= 0.3 is 5.82 Å². The van der Waals surface area contributed by atoms with Gasteiger partial charge in [-0.2, -0.15) is 5.10 Å². The molecule has 0 saturated heterocycles. The Morgan fingerprint density at radius 2 is 2.15 bits per heavy atom. The lowest BCUT2D eigenvalue weighted by atomic mass is 9.93. The largest absolute Gasteiger partial charge is 0.406 e. The highest BCUT2D eigenvalue weighted by Gasteiger charge is 2.28. The molecule has 4 rings (SSSR count). The van der Waals surface area contributed by atoms with E-state index >= 15 is 0 Å². The van der Waals surface area contributed by atoms with Crippen molar-refractivity contribution in [3.63, 3.8) is 0 Å². The molecule has 2 heterocycles. The van der Waals surface area contributed by atoms with E-state index < -0.39 is 4.92 Å². The first-order chi connectivity index (χ1) is 12.6. The zero-order valence-corrected chi connectivity index (χ0v) is 14.5. The molecule has 1 atom stereocenters. The van der Waals surface area contributed by atoms with Crippen molar-refractivity contribution in [1.29, 1.82) is 0 Å². The summed E-state index contributed by atoms with van der Waals surface area (Å²) >= 11 is 0. The molecule has 8 heteroatoms. The van der Waals surface area contributed by atoms with Gasteiger partial charge in [-0.1, -0.05) is 30.3 Å². The Hall–Kier alpha value is -3.16. The van der Waals surface area contributed by atoms with E-state index in [0.717, 1.165) is 31.4 Å². The van der Waals surface area contributed by atoms with Crippen LogP contribution < -0.4 is 5.32 Å². The molecule has 0 fully saturated rings. The summed E-state index contributed by atoms with van der Waals surface area (Å²) in [4.78, 5) is 14.6. The van der Waals surface area contributed by atoms with Crippen molar-refractivity contribution in [2.75, 3.05) is 5.32 Å². The Labute approximate surface area is 150 Å². The highest BCUT2D eigenvalue weighted by Crippen LogP contribution is 2.34. The number of hydrogen-bond acceptors (Lipinski definition) is 5. The fourth-order valence-corrected chi connectivity index (χ4v) is 3.54. The molecule has 0 bridgehead atoms. The van der Waals surface area contributed by atoms with Crippen LogP contribution in [0.15, 0.2) is 42.9 Å². The SMILES string of the molecule is Cn1cnc([N+](=O)[O-])c1NC1CCCc2c1cnn2Cc1ccccc1. The van der Waals surface area contributed by atoms with Crippen molar-refractivity contribution in [2.45, 2.75) is 31.8 Å². The molecule has 0 amide bonds. The summed E-state index contributed by atoms with van der Waals surface area (Å²) in [5.74, 6) is 0.292. The molecule has 0 saturated carbocycles. The summed E-state index contributed by atoms with van der Waals surface area (Å²) < 4.78 is 3.69. The second-order valence-electron chi connectivity index (χ2n) is 6.56. The molecule has 1 aliphatic carbocycles. The normalized spacial score (nSPS) is 16.3. The zero-order valence-electron chi connectivity index (χ0n) is 14.5. The molecule has 1 N–H and O–H groups in total. The Morgan fingerprint density at radius 1 is 1.35 bits per heavy atom. The molecule has 3 aromatic rings. The van der Waals surface area contributed by atoms with E-state index in [1.807, 2.05) is 29.1 Å². The van der Waals surface area contributed by atoms with Crippen LogP contribution in [0.2, 0.25) is 0 Å². The van der Waals surface area contributed by atoms with Gasteiger partial charge in [-0.15, -0.1) is 0 Å². The quantitative estimate of drug-likeness (QED) is 0.563. The van der Waals surface area contributed by atoms with Crippen molar-refractivity contribution < 1.29 is 4.92 Å². The van der Waals surface area contributed by atoms with Crippen LogP contribution in [0, 0.1) is 10.1 Å². The van der Waals surface area contributed by atoms with Crippen molar-refractivity contribution in [3.8, 4) is 0 Å². The maximum atomic E-state index is 11.2. The lowest BCUT2D eigenvalue weighted by molar-refractivity contribution is -0.388. The second kappa shape index (κ2) is 6.62. The number of hydrogen-bond donors (Lipinski definition) is 1. The van der Waals surface area contributed by atoms with Crippen LogP contribution in [0.3, 0.4) is 0 Å². The van der Waals surface area contributed by atoms with Gasteiger partial charge in [-0.3, -0.25) is 9.25 Å². The Bertz CT molecular complexity index is 931. The van der Waals surface area contributed by atoms with Crippen LogP contribution in [0.25, 0.3) is 0 Å². The van der Waals surface area contributed by atoms with Crippen LogP contribution in [0.4, 0.5) is 11.6 Å². The van der Waals surface area contributed by atoms with Gasteiger partial charge in [0, 0.05) is 18.3 Å². The number of fused-ring (bicyclic) bond motifs is 1. The highest BCUT2D eigenvalue weighted by atomic mass is 16.6. The standard InChI is InChI=1S/C18H20N6O2/c1-22-12-19-17(24(25)26)18(22)21-15-8-5-9-16-14(15)10-20-23(16)11-13-6-3-2-4-7-13/h2-4,6-7,10,12,15,21H,5,8-9,11H2,1H3. The summed E-state index contributed by atoms with van der Waals surface area (Å²) in [5.41, 5.74) is 3.51. The van der Waals surface area contributed by atoms with Gasteiger partial charge < -0.3 is 15.4 Å². The van der Waals surface area contributed by atoms with Crippen molar-refractivity contribution in [2.24, 2.45) is 7.05 Å². The van der Waals surface area contributed by atoms with Gasteiger partial charge in [0.25, 0.3) is 0 Å². The van der Waals surface area contributed by atoms with Gasteiger partial charge in [0.05, 0.1) is 18.8 Å². The molecule has 0 aliphatic heterocycles. The molecule has 8 nitrogen and oxygen atoms in total. The third kappa shape index (κ3) is 2.94. The number of rotatable bonds is 5. The fourth-order valence-electron chi connectivity index (χ4n) is 3.54. The Morgan fingerprint density at radius 3 is 2.92 bits per heavy atom. The predicted molar refractivity (Wildman–Crippen MR) is 96.9 cm³/mol. The summed E-state index contributed by atoms with van der Waals surface area (Å²) in [5, 5.41) is 19.1. The third-order valence-electron chi connectivity index (χ3n) is 4.84. The molecule has 1 aliphatic rings. The number of anilines is 1. The molecule has 0 radical (unpaired) electrons. The Kier molecular flexibility index (Phi) is 4.16. The molecule has 26 heavy (non-hydrogen) atoms. The number of nitrogens with zero attached hydrogens (tertiary/aromatic N) is 5. The molecule has 0 spiro atoms. The van der Waals surface area contributed by atoms with Gasteiger partial charge in [-0.05, 0) is 34.7 Å². The predicted octanol–water partition coefficient (Wildman–Crippen LogP) is 3.06. The number of aryl methyl sites for hydroxylation is 1. The first kappa shape index (κ1) is 16.3. The van der Waals surface area contributed by atoms with Gasteiger partial charge in [0.2, 0.25) is 12.1 Å². The van der Waals surface area contributed by atoms with Crippen molar-refractivity contribution in [1.82, 2.24) is 19.3 Å². The monoisotopic (exact) mass is 352 g/mol. The van der Waals surface area contributed by atoms with Crippen molar-refractivity contribution in [3.05, 3.63) is 69.8 Å². The van der Waals surface area contributed by atoms with E-state index in [0.29, 0.717) is 5.82 Å². The first-order valence-corrected chi connectivity index (χ1v) is 8.64. The minimum Gasteiger partial charge on any atom is -0.358 e. The van der Waals surface area contributed by atoms with E-state index in [1.165, 1.54) is 17.6 Å².